The lowest BCUT2D eigenvalue weighted by Gasteiger charge is -2.36. The molecule has 0 aliphatic carbocycles. The van der Waals surface area contributed by atoms with Crippen LogP contribution in [0.25, 0.3) is 0 Å². The van der Waals surface area contributed by atoms with Gasteiger partial charge in [0.15, 0.2) is 0 Å². The quantitative estimate of drug-likeness (QED) is 0.0742. The molecule has 560 valence electrons. The zero-order valence-electron chi connectivity index (χ0n) is 63.0. The monoisotopic (exact) mass is 1390 g/mol. The van der Waals surface area contributed by atoms with E-state index in [-0.39, 0.29) is 76.1 Å². The topological polar surface area (TPSA) is 379 Å². The largest absolute Gasteiger partial charge is 0.458 e. The number of hydrogen-bond acceptors (Lipinski definition) is 16. The minimum absolute atomic E-state index is 0.0607. The van der Waals surface area contributed by atoms with Gasteiger partial charge in [-0.05, 0) is 80.5 Å². The Kier molecular flexibility index (Phi) is 39.0. The first kappa shape index (κ1) is 88.6. The summed E-state index contributed by atoms with van der Waals surface area (Å²) in [4.78, 5) is 203. The van der Waals surface area contributed by atoms with E-state index in [0.717, 1.165) is 4.90 Å². The SMILES string of the molecule is CC[C@H](C)C1C(=O)NCCC(=O)N[C@H]([C@@H](C)CC)C(=O)N(C)C(C(C)C)C(=O)N[C@@H](C)C(=O)NCCC(=O)NC(CC(C)C)C(=O)N(C)[C@H]([C@@H](C)CC)C(=O)O[C@H](C)[C@H](NC(=O)[C@@H](CC(C)C)N(C)C(=O)[C@@H](NC(=O)COC)C(C)C)C(=O)NCCC(=O)N[C@H](CC(C)C)C(=O)N1C. The molecule has 13 amide bonds. The van der Waals surface area contributed by atoms with Crippen LogP contribution in [0, 0.1) is 47.3 Å². The Labute approximate surface area is 582 Å². The number of amides is 13. The molecule has 0 spiro atoms. The zero-order chi connectivity index (χ0) is 75.3. The fourth-order valence-electron chi connectivity index (χ4n) is 11.6. The van der Waals surface area contributed by atoms with E-state index in [0.29, 0.717) is 19.3 Å². The summed E-state index contributed by atoms with van der Waals surface area (Å²) in [6.07, 6.45) is -0.995. The lowest BCUT2D eigenvalue weighted by atomic mass is 9.95. The highest BCUT2D eigenvalue weighted by Gasteiger charge is 2.43. The van der Waals surface area contributed by atoms with Gasteiger partial charge in [0.2, 0.25) is 76.8 Å². The summed E-state index contributed by atoms with van der Waals surface area (Å²) in [6.45, 7) is 30.2. The van der Waals surface area contributed by atoms with E-state index in [1.165, 1.54) is 63.8 Å². The van der Waals surface area contributed by atoms with Crippen LogP contribution in [0.4, 0.5) is 0 Å². The van der Waals surface area contributed by atoms with Crippen molar-refractivity contribution in [3.63, 3.8) is 0 Å². The van der Waals surface area contributed by atoms with Crippen molar-refractivity contribution in [1.82, 2.24) is 67.5 Å². The van der Waals surface area contributed by atoms with Gasteiger partial charge in [0.1, 0.15) is 73.1 Å². The molecule has 14 atom stereocenters. The Morgan fingerprint density at radius 2 is 1.00 bits per heavy atom. The molecule has 1 aliphatic rings. The Morgan fingerprint density at radius 1 is 0.561 bits per heavy atom. The molecule has 0 aromatic carbocycles. The lowest BCUT2D eigenvalue weighted by molar-refractivity contribution is -0.163. The van der Waals surface area contributed by atoms with Crippen molar-refractivity contribution in [2.24, 2.45) is 47.3 Å². The van der Waals surface area contributed by atoms with Gasteiger partial charge in [0.05, 0.1) is 0 Å². The van der Waals surface area contributed by atoms with Crippen molar-refractivity contribution >= 4 is 82.8 Å². The summed E-state index contributed by atoms with van der Waals surface area (Å²) >= 11 is 0. The van der Waals surface area contributed by atoms with Crippen molar-refractivity contribution in [2.45, 2.75) is 249 Å². The van der Waals surface area contributed by atoms with Crippen LogP contribution in [0.15, 0.2) is 0 Å². The zero-order valence-corrected chi connectivity index (χ0v) is 63.0. The second-order valence-electron chi connectivity index (χ2n) is 28.4. The van der Waals surface area contributed by atoms with Crippen LogP contribution in [0.1, 0.15) is 182 Å². The van der Waals surface area contributed by atoms with Crippen molar-refractivity contribution in [2.75, 3.05) is 61.5 Å². The number of carbonyl (C=O) groups is 14. The Balaban J connectivity index is 4.14. The first-order valence-corrected chi connectivity index (χ1v) is 35.0. The molecule has 29 heteroatoms. The van der Waals surface area contributed by atoms with Crippen LogP contribution in [0.3, 0.4) is 0 Å². The number of ether oxygens (including phenoxy) is 2. The van der Waals surface area contributed by atoms with E-state index in [2.05, 4.69) is 47.9 Å². The Morgan fingerprint density at radius 3 is 1.44 bits per heavy atom. The molecule has 0 aromatic heterocycles. The average Bonchev–Trinajstić information content (AvgIpc) is 0.840. The number of rotatable bonds is 21. The van der Waals surface area contributed by atoms with Gasteiger partial charge < -0.3 is 76.9 Å². The molecule has 1 rings (SSSR count). The molecule has 29 nitrogen and oxygen atoms in total. The molecule has 0 saturated carbocycles. The van der Waals surface area contributed by atoms with Crippen LogP contribution < -0.4 is 47.9 Å². The standard InChI is InChI=1S/C69H123N13O16/c1-24-42(14)55-68(95)80(20)57(41(12)13)64(91)73-45(17)60(87)70-30-27-50(83)75-48(34-38(6)7)66(93)82(22)59(44(16)26-3)69(96)98-46(18)56(78-61(88)49(35-39(8)9)79(19)67(94)54(40(10)11)77-53(86)36-97-23)62(89)71-31-28-51(84)74-47(33-37(4)5)65(92)81(21)58(43(15)25-2)63(90)72-32-29-52(85)76-55/h37-49,54-59H,24-36H2,1-23H3,(H,70,87)(H,71,89)(H,72,90)(H,73,91)(H,74,84)(H,75,83)(H,76,85)(H,77,86)(H,78,88)/t42-,43-,44-,45-,46+,47+,48?,49+,54-,55+,56-,57?,58?,59+/m0/s1. The van der Waals surface area contributed by atoms with Gasteiger partial charge in [0, 0.05) is 74.2 Å². The molecule has 0 bridgehead atoms. The number of cyclic esters (lactones) is 1. The normalized spacial score (nSPS) is 24.8. The molecule has 3 unspecified atom stereocenters. The Bertz CT molecular complexity index is 2690. The van der Waals surface area contributed by atoms with Gasteiger partial charge in [-0.3, -0.25) is 62.3 Å². The number of nitrogens with zero attached hydrogens (tertiary/aromatic N) is 4. The molecule has 1 saturated heterocycles. The van der Waals surface area contributed by atoms with Crippen LogP contribution in [0.5, 0.6) is 0 Å². The van der Waals surface area contributed by atoms with E-state index in [9.17, 15) is 67.1 Å². The summed E-state index contributed by atoms with van der Waals surface area (Å²) < 4.78 is 11.1. The fraction of sp³-hybridized carbons (Fsp3) is 0.797. The Hall–Kier alpha value is -7.46. The minimum atomic E-state index is -1.73. The summed E-state index contributed by atoms with van der Waals surface area (Å²) in [5.74, 6) is -12.5. The maximum absolute atomic E-state index is 14.8. The van der Waals surface area contributed by atoms with E-state index in [4.69, 9.17) is 9.47 Å². The third kappa shape index (κ3) is 28.0. The fourth-order valence-corrected chi connectivity index (χ4v) is 11.6. The smallest absolute Gasteiger partial charge is 0.329 e. The molecule has 1 heterocycles. The first-order valence-electron chi connectivity index (χ1n) is 35.0. The third-order valence-corrected chi connectivity index (χ3v) is 17.9. The van der Waals surface area contributed by atoms with Crippen LogP contribution >= 0.6 is 0 Å². The molecular formula is C69H123N13O16. The van der Waals surface area contributed by atoms with Crippen LogP contribution in [-0.2, 0) is 76.6 Å². The van der Waals surface area contributed by atoms with Gasteiger partial charge in [-0.1, -0.05) is 130 Å². The summed E-state index contributed by atoms with van der Waals surface area (Å²) in [5.41, 5.74) is 0. The third-order valence-electron chi connectivity index (χ3n) is 17.9. The number of nitrogens with one attached hydrogen (secondary N) is 9. The van der Waals surface area contributed by atoms with Crippen LogP contribution in [-0.4, -0.2) is 230 Å². The molecule has 0 radical (unpaired) electrons. The van der Waals surface area contributed by atoms with E-state index in [1.54, 1.807) is 55.4 Å². The van der Waals surface area contributed by atoms with Crippen LogP contribution in [0.2, 0.25) is 0 Å². The van der Waals surface area contributed by atoms with E-state index in [1.807, 2.05) is 55.4 Å². The van der Waals surface area contributed by atoms with E-state index < -0.39 is 185 Å². The molecule has 0 aromatic rings. The summed E-state index contributed by atoms with van der Waals surface area (Å²) in [5, 5.41) is 24.4. The van der Waals surface area contributed by atoms with Gasteiger partial charge in [-0.2, -0.15) is 0 Å². The van der Waals surface area contributed by atoms with E-state index >= 15 is 0 Å². The predicted octanol–water partition coefficient (Wildman–Crippen LogP) is 1.92. The molecule has 1 fully saturated rings. The summed E-state index contributed by atoms with van der Waals surface area (Å²) in [7, 11) is 6.96. The van der Waals surface area contributed by atoms with Crippen molar-refractivity contribution in [3.8, 4) is 0 Å². The number of methoxy groups -OCH3 is 1. The minimum Gasteiger partial charge on any atom is -0.458 e. The molecule has 1 aliphatic heterocycles. The molecular weight excluding hydrogens is 1270 g/mol. The highest BCUT2D eigenvalue weighted by Crippen LogP contribution is 2.23. The molecule has 9 N–H and O–H groups in total. The van der Waals surface area contributed by atoms with Gasteiger partial charge in [-0.25, -0.2) is 4.79 Å². The number of likely N-dealkylation sites (N-methyl/N-ethyl adjacent to an activating group) is 4. The molecule has 98 heavy (non-hydrogen) atoms. The van der Waals surface area contributed by atoms with Crippen molar-refractivity contribution in [3.05, 3.63) is 0 Å². The highest BCUT2D eigenvalue weighted by molar-refractivity contribution is 5.97. The van der Waals surface area contributed by atoms with Gasteiger partial charge in [-0.15, -0.1) is 0 Å². The predicted molar refractivity (Wildman–Crippen MR) is 370 cm³/mol. The number of esters is 1. The second-order valence-corrected chi connectivity index (χ2v) is 28.4. The maximum atomic E-state index is 14.8. The number of hydrogen-bond donors (Lipinski definition) is 9. The highest BCUT2D eigenvalue weighted by atomic mass is 16.5. The van der Waals surface area contributed by atoms with Gasteiger partial charge in [0.25, 0.3) is 0 Å². The van der Waals surface area contributed by atoms with Crippen molar-refractivity contribution in [1.29, 1.82) is 0 Å². The average molecular weight is 1390 g/mol. The maximum Gasteiger partial charge on any atom is 0.329 e. The van der Waals surface area contributed by atoms with Gasteiger partial charge >= 0.3 is 5.97 Å². The van der Waals surface area contributed by atoms with Crippen molar-refractivity contribution < 1.29 is 76.6 Å². The number of carbonyl (C=O) groups excluding carboxylic acids is 14. The first-order chi connectivity index (χ1) is 45.6. The lowest BCUT2D eigenvalue weighted by Crippen LogP contribution is -2.61. The summed E-state index contributed by atoms with van der Waals surface area (Å²) in [6, 6.07) is -12.3. The second kappa shape index (κ2) is 43.2.